The van der Waals surface area contributed by atoms with Crippen LogP contribution in [0.2, 0.25) is 0 Å². The van der Waals surface area contributed by atoms with Crippen LogP contribution in [0.3, 0.4) is 0 Å². The number of halogens is 2. The molecule has 0 bridgehead atoms. The van der Waals surface area contributed by atoms with E-state index < -0.39 is 21.3 Å². The first-order valence-electron chi connectivity index (χ1n) is 18.7. The molecule has 0 aliphatic heterocycles. The van der Waals surface area contributed by atoms with Gasteiger partial charge in [-0.15, -0.1) is 0 Å². The van der Waals surface area contributed by atoms with E-state index >= 15 is 0 Å². The molecule has 2 aromatic carbocycles. The Morgan fingerprint density at radius 2 is 1.20 bits per heavy atom. The van der Waals surface area contributed by atoms with Gasteiger partial charge >= 0.3 is 297 Å². The summed E-state index contributed by atoms with van der Waals surface area (Å²) in [4.78, 5) is 0. The molecule has 5 aliphatic carbocycles. The van der Waals surface area contributed by atoms with Crippen molar-refractivity contribution in [2.75, 3.05) is 0 Å². The summed E-state index contributed by atoms with van der Waals surface area (Å²) < 4.78 is 5.76. The predicted octanol–water partition coefficient (Wildman–Crippen LogP) is 7.05. The Kier molecular flexibility index (Phi) is 10.1. The first-order chi connectivity index (χ1) is 21.7. The van der Waals surface area contributed by atoms with Gasteiger partial charge in [0, 0.05) is 0 Å². The molecule has 3 heteroatoms. The Hall–Kier alpha value is -1.27. The maximum atomic E-state index is 2.71. The van der Waals surface area contributed by atoms with E-state index in [2.05, 4.69) is 133 Å². The second-order valence-corrected chi connectivity index (χ2v) is 26.2. The second kappa shape index (κ2) is 12.7. The molecule has 0 aromatic heterocycles. The zero-order valence-electron chi connectivity index (χ0n) is 32.7. The summed E-state index contributed by atoms with van der Waals surface area (Å²) in [5, 5.41) is 0. The van der Waals surface area contributed by atoms with Crippen LogP contribution in [0.15, 0.2) is 54.6 Å². The van der Waals surface area contributed by atoms with Crippen molar-refractivity contribution in [1.82, 2.24) is 0 Å². The van der Waals surface area contributed by atoms with Gasteiger partial charge in [0.15, 0.2) is 0 Å². The van der Waals surface area contributed by atoms with Gasteiger partial charge in [0.05, 0.1) is 0 Å². The summed E-state index contributed by atoms with van der Waals surface area (Å²) >= 11 is -2.37. The molecule has 1 fully saturated rings. The fourth-order valence-corrected chi connectivity index (χ4v) is 19.8. The Balaban J connectivity index is 0.00000234. The van der Waals surface area contributed by atoms with Crippen molar-refractivity contribution < 1.29 is 46.1 Å². The summed E-state index contributed by atoms with van der Waals surface area (Å²) in [5.41, 5.74) is 17.7. The normalized spacial score (nSPS) is 20.2. The molecule has 5 aliphatic rings. The third-order valence-electron chi connectivity index (χ3n) is 12.1. The van der Waals surface area contributed by atoms with Crippen LogP contribution in [0.25, 0.3) is 22.3 Å². The van der Waals surface area contributed by atoms with Gasteiger partial charge in [-0.05, 0) is 0 Å². The monoisotopic (exact) mass is 772 g/mol. The molecule has 0 amide bonds. The van der Waals surface area contributed by atoms with Gasteiger partial charge in [-0.1, -0.05) is 0 Å². The summed E-state index contributed by atoms with van der Waals surface area (Å²) in [6, 6.07) is 10.6. The molecule has 0 N–H and O–H groups in total. The predicted molar refractivity (Wildman–Crippen MR) is 203 cm³/mol. The smallest absolute Gasteiger partial charge is 1.00 e. The van der Waals surface area contributed by atoms with Crippen molar-refractivity contribution in [3.63, 3.8) is 0 Å². The molecule has 1 saturated carbocycles. The first kappa shape index (κ1) is 39.0. The number of allylic oxidation sites excluding steroid dienone is 8. The standard InChI is InChI=1S/C31H37.C9H13.C6H10.2ClH.Zr/c1-28(2,3)26-16-30(7,8)24-12-18-11-19-13-25-23(15-21(19)20(18)14-22(24)26)27(29(4,5)6)17-31(25,9)10;1-9(2,3)8-6-4-5-7-8;1-2-4-6-5-3-1;;;/h12-16H,11H2,1-10H3;6-7H,4H2,1-3H3;1-5H2;2*1H;/q;;;;;+2/p-2. The average Bonchev–Trinajstić information content (AvgIpc) is 3.69. The Morgan fingerprint density at radius 1 is 0.633 bits per heavy atom. The van der Waals surface area contributed by atoms with Gasteiger partial charge in [-0.3, -0.25) is 0 Å². The number of fused-ring (bicyclic) bond motifs is 5. The molecule has 262 valence electrons. The molecule has 2 aromatic rings. The number of rotatable bonds is 2. The summed E-state index contributed by atoms with van der Waals surface area (Å²) in [7, 11) is 0. The summed E-state index contributed by atoms with van der Waals surface area (Å²) in [6.07, 6.45) is 17.1. The van der Waals surface area contributed by atoms with E-state index in [-0.39, 0.29) is 51.9 Å². The van der Waals surface area contributed by atoms with Gasteiger partial charge in [0.2, 0.25) is 0 Å². The van der Waals surface area contributed by atoms with Crippen LogP contribution in [-0.2, 0) is 38.5 Å². The molecule has 0 unspecified atom stereocenters. The number of benzene rings is 2. The van der Waals surface area contributed by atoms with Crippen LogP contribution >= 0.6 is 0 Å². The summed E-state index contributed by atoms with van der Waals surface area (Å²) in [5.74, 6) is 0. The minimum absolute atomic E-state index is 0. The largest absolute Gasteiger partial charge is 1.00 e. The molecule has 0 radical (unpaired) electrons. The van der Waals surface area contributed by atoms with Gasteiger partial charge in [-0.25, -0.2) is 0 Å². The Bertz CT molecular complexity index is 1870. The maximum Gasteiger partial charge on any atom is -1.00 e. The third-order valence-corrected chi connectivity index (χ3v) is 20.9. The van der Waals surface area contributed by atoms with E-state index in [1.165, 1.54) is 71.9 Å². The molecule has 0 nitrogen and oxygen atoms in total. The average molecular weight is 775 g/mol. The molecule has 0 saturated heterocycles. The number of hydrogen-bond acceptors (Lipinski definition) is 0. The van der Waals surface area contributed by atoms with Crippen molar-refractivity contribution in [2.24, 2.45) is 16.2 Å². The van der Waals surface area contributed by atoms with Crippen LogP contribution in [0.1, 0.15) is 162 Å². The third kappa shape index (κ3) is 6.42. The van der Waals surface area contributed by atoms with Gasteiger partial charge < -0.3 is 24.8 Å². The van der Waals surface area contributed by atoms with E-state index in [0.29, 0.717) is 0 Å². The van der Waals surface area contributed by atoms with Crippen molar-refractivity contribution in [1.29, 1.82) is 0 Å². The van der Waals surface area contributed by atoms with Crippen LogP contribution < -0.4 is 24.8 Å². The molecule has 0 spiro atoms. The van der Waals surface area contributed by atoms with E-state index in [1.54, 1.807) is 27.8 Å². The molecular formula is C46H60Cl2Zr. The molecule has 7 rings (SSSR count). The zero-order valence-corrected chi connectivity index (χ0v) is 36.7. The SMILES string of the molecule is CC(C)(C)C1=CC[C]([Zr+2]([C]2=C(C(C)(C)C)c3cc4c(cc3C2(C)C)Cc2cc3c(cc2-4)C(C(C)(C)C)=CC3(C)C)=[C]2CCCCC2)=C1.[Cl-].[Cl-]. The van der Waals surface area contributed by atoms with Crippen LogP contribution in [0.4, 0.5) is 0 Å². The van der Waals surface area contributed by atoms with Crippen molar-refractivity contribution in [2.45, 2.75) is 146 Å². The summed E-state index contributed by atoms with van der Waals surface area (Å²) in [6.45, 7) is 31.9. The van der Waals surface area contributed by atoms with E-state index in [4.69, 9.17) is 0 Å². The number of hydrogen-bond donors (Lipinski definition) is 0. The minimum atomic E-state index is -2.37. The van der Waals surface area contributed by atoms with E-state index in [0.717, 1.165) is 6.42 Å². The zero-order chi connectivity index (χ0) is 34.1. The molecule has 0 heterocycles. The van der Waals surface area contributed by atoms with Crippen molar-refractivity contribution in [3.05, 3.63) is 88.0 Å². The maximum absolute atomic E-state index is 2.71. The van der Waals surface area contributed by atoms with E-state index in [1.807, 2.05) is 9.77 Å². The van der Waals surface area contributed by atoms with Gasteiger partial charge in [0.1, 0.15) is 0 Å². The quantitative estimate of drug-likeness (QED) is 0.262. The Labute approximate surface area is 319 Å². The van der Waals surface area contributed by atoms with Crippen LogP contribution in [0.5, 0.6) is 0 Å². The Morgan fingerprint density at radius 3 is 1.73 bits per heavy atom. The van der Waals surface area contributed by atoms with Gasteiger partial charge in [-0.2, -0.15) is 0 Å². The van der Waals surface area contributed by atoms with Crippen LogP contribution in [-0.4, -0.2) is 3.21 Å². The minimum Gasteiger partial charge on any atom is -1.00 e. The van der Waals surface area contributed by atoms with Crippen molar-refractivity contribution >= 4 is 14.4 Å². The molecular weight excluding hydrogens is 715 g/mol. The molecule has 0 atom stereocenters. The van der Waals surface area contributed by atoms with Gasteiger partial charge in [0.25, 0.3) is 0 Å². The fraction of sp³-hybridized carbons (Fsp3) is 0.543. The van der Waals surface area contributed by atoms with Crippen LogP contribution in [0, 0.1) is 16.2 Å². The first-order valence-corrected chi connectivity index (χ1v) is 22.4. The fourth-order valence-electron chi connectivity index (χ4n) is 9.72. The second-order valence-electron chi connectivity index (χ2n) is 19.8. The molecule has 49 heavy (non-hydrogen) atoms. The topological polar surface area (TPSA) is 0 Å². The van der Waals surface area contributed by atoms with E-state index in [9.17, 15) is 0 Å². The van der Waals surface area contributed by atoms with Crippen molar-refractivity contribution in [3.8, 4) is 11.1 Å².